The van der Waals surface area contributed by atoms with Crippen LogP contribution < -0.4 is 5.32 Å². The van der Waals surface area contributed by atoms with Crippen molar-refractivity contribution in [2.75, 3.05) is 11.9 Å². The molecule has 4 rings (SSSR count). The van der Waals surface area contributed by atoms with Crippen molar-refractivity contribution in [3.8, 4) is 0 Å². The van der Waals surface area contributed by atoms with Crippen LogP contribution in [0.2, 0.25) is 0 Å². The third-order valence-corrected chi connectivity index (χ3v) is 5.41. The van der Waals surface area contributed by atoms with Gasteiger partial charge >= 0.3 is 0 Å². The molecule has 2 fully saturated rings. The Bertz CT molecular complexity index is 732. The number of nitrogens with zero attached hydrogens (tertiary/aromatic N) is 3. The standard InChI is InChI=1S/C20H26N4O/c1-23-13-11-21-19(23)14-24-12-3-2-4-18(24)20(25)22-17-9-7-16(8-10-17)15-5-6-15/h7-11,13,15,18H,2-6,12,14H2,1H3,(H,22,25)/t18-/m1/s1. The average Bonchev–Trinajstić information content (AvgIpc) is 3.40. The summed E-state index contributed by atoms with van der Waals surface area (Å²) in [7, 11) is 2.00. The van der Waals surface area contributed by atoms with Crippen molar-refractivity contribution in [1.82, 2.24) is 14.5 Å². The van der Waals surface area contributed by atoms with Gasteiger partial charge in [0, 0.05) is 25.1 Å². The van der Waals surface area contributed by atoms with Gasteiger partial charge in [-0.1, -0.05) is 18.6 Å². The second kappa shape index (κ2) is 7.00. The Labute approximate surface area is 149 Å². The number of rotatable bonds is 5. The van der Waals surface area contributed by atoms with Crippen LogP contribution in [-0.2, 0) is 18.4 Å². The number of anilines is 1. The third-order valence-electron chi connectivity index (χ3n) is 5.41. The highest BCUT2D eigenvalue weighted by Crippen LogP contribution is 2.40. The molecule has 1 aromatic carbocycles. The Morgan fingerprint density at radius 1 is 1.20 bits per heavy atom. The van der Waals surface area contributed by atoms with Crippen LogP contribution in [0.1, 0.15) is 49.4 Å². The molecule has 1 aliphatic heterocycles. The van der Waals surface area contributed by atoms with Gasteiger partial charge in [0.05, 0.1) is 12.6 Å². The summed E-state index contributed by atoms with van der Waals surface area (Å²) in [6.45, 7) is 1.67. The van der Waals surface area contributed by atoms with E-state index in [0.29, 0.717) is 0 Å². The van der Waals surface area contributed by atoms with E-state index in [9.17, 15) is 4.79 Å². The number of aryl methyl sites for hydroxylation is 1. The minimum Gasteiger partial charge on any atom is -0.337 e. The fourth-order valence-electron chi connectivity index (χ4n) is 3.69. The van der Waals surface area contributed by atoms with Crippen LogP contribution >= 0.6 is 0 Å². The lowest BCUT2D eigenvalue weighted by atomic mass is 10.0. The van der Waals surface area contributed by atoms with Gasteiger partial charge in [-0.2, -0.15) is 0 Å². The molecule has 1 N–H and O–H groups in total. The zero-order valence-corrected chi connectivity index (χ0v) is 14.8. The fraction of sp³-hybridized carbons (Fsp3) is 0.500. The summed E-state index contributed by atoms with van der Waals surface area (Å²) in [6, 6.07) is 8.31. The van der Waals surface area contributed by atoms with Gasteiger partial charge in [0.15, 0.2) is 0 Å². The van der Waals surface area contributed by atoms with Crippen LogP contribution in [0, 0.1) is 0 Å². The molecule has 1 atom stereocenters. The zero-order chi connectivity index (χ0) is 17.2. The van der Waals surface area contributed by atoms with Crippen molar-refractivity contribution in [2.24, 2.45) is 7.05 Å². The molecular formula is C20H26N4O. The van der Waals surface area contributed by atoms with Crippen molar-refractivity contribution in [3.63, 3.8) is 0 Å². The van der Waals surface area contributed by atoms with E-state index < -0.39 is 0 Å². The van der Waals surface area contributed by atoms with E-state index in [1.807, 2.05) is 36.1 Å². The van der Waals surface area contributed by atoms with Gasteiger partial charge in [-0.05, 0) is 55.8 Å². The molecule has 0 unspecified atom stereocenters. The Hall–Kier alpha value is -2.14. The van der Waals surface area contributed by atoms with Crippen LogP contribution in [0.4, 0.5) is 5.69 Å². The number of amides is 1. The first-order chi connectivity index (χ1) is 12.2. The summed E-state index contributed by atoms with van der Waals surface area (Å²) >= 11 is 0. The molecule has 5 heteroatoms. The summed E-state index contributed by atoms with van der Waals surface area (Å²) in [5.41, 5.74) is 2.30. The van der Waals surface area contributed by atoms with E-state index in [4.69, 9.17) is 0 Å². The summed E-state index contributed by atoms with van der Waals surface area (Å²) in [5, 5.41) is 3.11. The lowest BCUT2D eigenvalue weighted by Gasteiger charge is -2.34. The third kappa shape index (κ3) is 3.76. The maximum absolute atomic E-state index is 12.8. The number of carbonyl (C=O) groups is 1. The Kier molecular flexibility index (Phi) is 4.57. The van der Waals surface area contributed by atoms with Crippen molar-refractivity contribution < 1.29 is 4.79 Å². The van der Waals surface area contributed by atoms with Gasteiger partial charge in [0.2, 0.25) is 5.91 Å². The molecule has 0 bridgehead atoms. The smallest absolute Gasteiger partial charge is 0.241 e. The molecule has 5 nitrogen and oxygen atoms in total. The normalized spacial score (nSPS) is 21.2. The van der Waals surface area contributed by atoms with Crippen LogP contribution in [0.25, 0.3) is 0 Å². The fourth-order valence-corrected chi connectivity index (χ4v) is 3.69. The van der Waals surface area contributed by atoms with E-state index in [-0.39, 0.29) is 11.9 Å². The van der Waals surface area contributed by atoms with E-state index >= 15 is 0 Å². The van der Waals surface area contributed by atoms with Crippen molar-refractivity contribution in [2.45, 2.75) is 50.6 Å². The molecule has 2 aliphatic rings. The number of benzene rings is 1. The van der Waals surface area contributed by atoms with Crippen molar-refractivity contribution >= 4 is 11.6 Å². The largest absolute Gasteiger partial charge is 0.337 e. The van der Waals surface area contributed by atoms with Crippen LogP contribution in [0.3, 0.4) is 0 Å². The molecule has 2 heterocycles. The van der Waals surface area contributed by atoms with Crippen LogP contribution in [-0.4, -0.2) is 32.9 Å². The number of hydrogen-bond donors (Lipinski definition) is 1. The highest BCUT2D eigenvalue weighted by molar-refractivity contribution is 5.94. The quantitative estimate of drug-likeness (QED) is 0.910. The van der Waals surface area contributed by atoms with Gasteiger partial charge in [0.25, 0.3) is 0 Å². The number of aromatic nitrogens is 2. The number of likely N-dealkylation sites (tertiary alicyclic amines) is 1. The Morgan fingerprint density at radius 2 is 2.00 bits per heavy atom. The van der Waals surface area contributed by atoms with Crippen LogP contribution in [0.15, 0.2) is 36.7 Å². The summed E-state index contributed by atoms with van der Waals surface area (Å²) in [6.07, 6.45) is 9.54. The molecular weight excluding hydrogens is 312 g/mol. The van der Waals surface area contributed by atoms with Crippen LogP contribution in [0.5, 0.6) is 0 Å². The molecule has 132 valence electrons. The predicted molar refractivity (Wildman–Crippen MR) is 98.3 cm³/mol. The maximum atomic E-state index is 12.8. The lowest BCUT2D eigenvalue weighted by Crippen LogP contribution is -2.46. The first kappa shape index (κ1) is 16.3. The van der Waals surface area contributed by atoms with E-state index in [0.717, 1.165) is 49.8 Å². The molecule has 2 aromatic rings. The average molecular weight is 338 g/mol. The minimum atomic E-state index is -0.0754. The van der Waals surface area contributed by atoms with Crippen molar-refractivity contribution in [3.05, 3.63) is 48.0 Å². The predicted octanol–water partition coefficient (Wildman–Crippen LogP) is 3.29. The lowest BCUT2D eigenvalue weighted by molar-refractivity contribution is -0.122. The second-order valence-corrected chi connectivity index (χ2v) is 7.32. The summed E-state index contributed by atoms with van der Waals surface area (Å²) in [4.78, 5) is 19.5. The van der Waals surface area contributed by atoms with E-state index in [2.05, 4.69) is 27.3 Å². The molecule has 1 amide bonds. The van der Waals surface area contributed by atoms with Gasteiger partial charge in [-0.3, -0.25) is 9.69 Å². The molecule has 25 heavy (non-hydrogen) atoms. The minimum absolute atomic E-state index is 0.0754. The number of nitrogens with one attached hydrogen (secondary N) is 1. The van der Waals surface area contributed by atoms with Gasteiger partial charge in [0.1, 0.15) is 5.82 Å². The number of piperidine rings is 1. The highest BCUT2D eigenvalue weighted by atomic mass is 16.2. The number of imidazole rings is 1. The van der Waals surface area contributed by atoms with Gasteiger partial charge in [-0.15, -0.1) is 0 Å². The second-order valence-electron chi connectivity index (χ2n) is 7.32. The Morgan fingerprint density at radius 3 is 2.68 bits per heavy atom. The maximum Gasteiger partial charge on any atom is 0.241 e. The Balaban J connectivity index is 1.42. The molecule has 1 aromatic heterocycles. The molecule has 1 saturated heterocycles. The SMILES string of the molecule is Cn1ccnc1CN1CCCC[C@@H]1C(=O)Nc1ccc(C2CC2)cc1. The highest BCUT2D eigenvalue weighted by Gasteiger charge is 2.29. The number of carbonyl (C=O) groups excluding carboxylic acids is 1. The topological polar surface area (TPSA) is 50.2 Å². The van der Waals surface area contributed by atoms with Gasteiger partial charge < -0.3 is 9.88 Å². The molecule has 0 spiro atoms. The van der Waals surface area contributed by atoms with Crippen molar-refractivity contribution in [1.29, 1.82) is 0 Å². The summed E-state index contributed by atoms with van der Waals surface area (Å²) < 4.78 is 2.03. The summed E-state index contributed by atoms with van der Waals surface area (Å²) in [5.74, 6) is 1.86. The first-order valence-corrected chi connectivity index (χ1v) is 9.32. The van der Waals surface area contributed by atoms with E-state index in [1.54, 1.807) is 0 Å². The van der Waals surface area contributed by atoms with Gasteiger partial charge in [-0.25, -0.2) is 4.98 Å². The molecule has 1 saturated carbocycles. The number of hydrogen-bond acceptors (Lipinski definition) is 3. The molecule has 1 aliphatic carbocycles. The van der Waals surface area contributed by atoms with E-state index in [1.165, 1.54) is 18.4 Å². The monoisotopic (exact) mass is 338 g/mol. The molecule has 0 radical (unpaired) electrons. The zero-order valence-electron chi connectivity index (χ0n) is 14.8. The first-order valence-electron chi connectivity index (χ1n) is 9.32.